The molecule has 0 aliphatic carbocycles. The summed E-state index contributed by atoms with van der Waals surface area (Å²) in [6.45, 7) is 0.757. The minimum atomic E-state index is -1.03. The molecule has 0 aromatic heterocycles. The Bertz CT molecular complexity index is 564. The van der Waals surface area contributed by atoms with E-state index in [1.54, 1.807) is 4.90 Å². The lowest BCUT2D eigenvalue weighted by Gasteiger charge is -2.31. The van der Waals surface area contributed by atoms with E-state index in [0.717, 1.165) is 10.7 Å². The van der Waals surface area contributed by atoms with Crippen molar-refractivity contribution in [2.24, 2.45) is 0 Å². The summed E-state index contributed by atoms with van der Waals surface area (Å²) in [5, 5.41) is 8.98. The Balaban J connectivity index is 2.25. The number of halogens is 3. The molecule has 1 aliphatic rings. The predicted molar refractivity (Wildman–Crippen MR) is 97.9 cm³/mol. The van der Waals surface area contributed by atoms with Crippen molar-refractivity contribution in [2.45, 2.75) is 6.10 Å². The van der Waals surface area contributed by atoms with E-state index in [1.807, 2.05) is 12.1 Å². The second-order valence-electron chi connectivity index (χ2n) is 4.20. The van der Waals surface area contributed by atoms with Crippen LogP contribution in [0.25, 0.3) is 0 Å². The van der Waals surface area contributed by atoms with Crippen LogP contribution in [0, 0.1) is 10.7 Å². The number of hydrogen-bond acceptors (Lipinski definition) is 3. The smallest absolute Gasteiger partial charge is 0.334 e. The average Bonchev–Trinajstić information content (AvgIpc) is 2.42. The van der Waals surface area contributed by atoms with Gasteiger partial charge < -0.3 is 14.7 Å². The van der Waals surface area contributed by atoms with Crippen molar-refractivity contribution in [1.82, 2.24) is 4.90 Å². The van der Waals surface area contributed by atoms with Gasteiger partial charge in [0.25, 0.3) is 5.91 Å². The highest BCUT2D eigenvalue weighted by molar-refractivity contribution is 14.1. The van der Waals surface area contributed by atoms with Crippen LogP contribution in [0.2, 0.25) is 0 Å². The molecule has 0 radical (unpaired) electrons. The molecule has 5 nitrogen and oxygen atoms in total. The minimum Gasteiger partial charge on any atom is -0.479 e. The normalized spacial score (nSPS) is 18.9. The van der Waals surface area contributed by atoms with Crippen LogP contribution in [0.3, 0.4) is 0 Å². The van der Waals surface area contributed by atoms with Gasteiger partial charge in [-0.3, -0.25) is 4.79 Å². The van der Waals surface area contributed by atoms with Gasteiger partial charge in [-0.1, -0.05) is 0 Å². The lowest BCUT2D eigenvalue weighted by Crippen LogP contribution is -2.48. The van der Waals surface area contributed by atoms with Crippen LogP contribution in [-0.4, -0.2) is 47.7 Å². The fraction of sp³-hybridized carbons (Fsp3) is 0.333. The largest absolute Gasteiger partial charge is 0.479 e. The van der Waals surface area contributed by atoms with Gasteiger partial charge in [0.1, 0.15) is 0 Å². The summed E-state index contributed by atoms with van der Waals surface area (Å²) < 4.78 is 8.03. The third-order valence-corrected chi connectivity index (χ3v) is 6.52. The second kappa shape index (κ2) is 7.05. The fourth-order valence-electron chi connectivity index (χ4n) is 1.87. The van der Waals surface area contributed by atoms with Gasteiger partial charge in [-0.25, -0.2) is 4.79 Å². The Hall–Kier alpha value is 0.310. The van der Waals surface area contributed by atoms with Crippen LogP contribution in [-0.2, 0) is 9.53 Å². The Morgan fingerprint density at radius 1 is 1.30 bits per heavy atom. The maximum atomic E-state index is 12.6. The van der Waals surface area contributed by atoms with Crippen LogP contribution in [0.15, 0.2) is 12.1 Å². The molecular formula is C12H10I3NO4. The first kappa shape index (κ1) is 16.7. The minimum absolute atomic E-state index is 0.0896. The molecule has 20 heavy (non-hydrogen) atoms. The number of hydrogen-bond donors (Lipinski definition) is 1. The number of carbonyl (C=O) groups is 2. The summed E-state index contributed by atoms with van der Waals surface area (Å²) in [6, 6.07) is 3.83. The molecule has 1 saturated heterocycles. The van der Waals surface area contributed by atoms with Crippen LogP contribution < -0.4 is 0 Å². The number of ether oxygens (including phenoxy) is 1. The number of carbonyl (C=O) groups excluding carboxylic acids is 1. The molecular weight excluding hydrogens is 603 g/mol. The Morgan fingerprint density at radius 3 is 2.65 bits per heavy atom. The van der Waals surface area contributed by atoms with E-state index in [2.05, 4.69) is 67.8 Å². The quantitative estimate of drug-likeness (QED) is 0.412. The van der Waals surface area contributed by atoms with Crippen molar-refractivity contribution in [3.05, 3.63) is 28.4 Å². The Kier molecular flexibility index (Phi) is 5.88. The van der Waals surface area contributed by atoms with Gasteiger partial charge in [0.15, 0.2) is 6.10 Å². The van der Waals surface area contributed by atoms with Crippen molar-refractivity contribution in [3.63, 3.8) is 0 Å². The van der Waals surface area contributed by atoms with E-state index in [0.29, 0.717) is 12.1 Å². The first-order valence-corrected chi connectivity index (χ1v) is 8.92. The summed E-state index contributed by atoms with van der Waals surface area (Å²) in [5.74, 6) is -1.17. The summed E-state index contributed by atoms with van der Waals surface area (Å²) >= 11 is 6.51. The SMILES string of the molecule is O=C(O)C1CN(C(=O)c2cc(I)cc(I)c2I)CCO1. The number of nitrogens with zero attached hydrogens (tertiary/aromatic N) is 1. The highest BCUT2D eigenvalue weighted by Gasteiger charge is 2.30. The molecule has 0 spiro atoms. The zero-order chi connectivity index (χ0) is 14.9. The maximum absolute atomic E-state index is 12.6. The van der Waals surface area contributed by atoms with Gasteiger partial charge in [0.05, 0.1) is 18.7 Å². The summed E-state index contributed by atoms with van der Waals surface area (Å²) in [4.78, 5) is 25.1. The van der Waals surface area contributed by atoms with Gasteiger partial charge in [-0.15, -0.1) is 0 Å². The Labute approximate surface area is 156 Å². The predicted octanol–water partition coefficient (Wildman–Crippen LogP) is 2.43. The van der Waals surface area contributed by atoms with E-state index in [9.17, 15) is 9.59 Å². The van der Waals surface area contributed by atoms with Crippen molar-refractivity contribution in [3.8, 4) is 0 Å². The van der Waals surface area contributed by atoms with E-state index >= 15 is 0 Å². The van der Waals surface area contributed by atoms with Crippen LogP contribution in [0.4, 0.5) is 0 Å². The first-order chi connectivity index (χ1) is 9.40. The number of carboxylic acids is 1. The summed E-state index contributed by atoms with van der Waals surface area (Å²) in [6.07, 6.45) is -0.938. The first-order valence-electron chi connectivity index (χ1n) is 5.68. The zero-order valence-electron chi connectivity index (χ0n) is 10.1. The molecule has 1 aromatic rings. The summed E-state index contributed by atoms with van der Waals surface area (Å²) in [5.41, 5.74) is 0.618. The molecule has 1 heterocycles. The highest BCUT2D eigenvalue weighted by atomic mass is 127. The van der Waals surface area contributed by atoms with E-state index in [1.165, 1.54) is 0 Å². The summed E-state index contributed by atoms with van der Waals surface area (Å²) in [7, 11) is 0. The zero-order valence-corrected chi connectivity index (χ0v) is 16.6. The standard InChI is InChI=1S/C12H10I3NO4/c13-6-3-7(10(15)8(14)4-6)11(17)16-1-2-20-9(5-16)12(18)19/h3-4,9H,1-2,5H2,(H,18,19). The molecule has 0 saturated carbocycles. The molecule has 8 heteroatoms. The molecule has 108 valence electrons. The lowest BCUT2D eigenvalue weighted by molar-refractivity contribution is -0.154. The monoisotopic (exact) mass is 613 g/mol. The third kappa shape index (κ3) is 3.74. The van der Waals surface area contributed by atoms with Gasteiger partial charge >= 0.3 is 5.97 Å². The molecule has 1 aliphatic heterocycles. The number of rotatable bonds is 2. The van der Waals surface area contributed by atoms with Gasteiger partial charge in [0.2, 0.25) is 0 Å². The van der Waals surface area contributed by atoms with Crippen molar-refractivity contribution in [2.75, 3.05) is 19.7 Å². The topological polar surface area (TPSA) is 66.8 Å². The van der Waals surface area contributed by atoms with Gasteiger partial charge in [-0.2, -0.15) is 0 Å². The molecule has 1 atom stereocenters. The van der Waals surface area contributed by atoms with Gasteiger partial charge in [-0.05, 0) is 79.9 Å². The van der Waals surface area contributed by atoms with Gasteiger partial charge in [0, 0.05) is 17.3 Å². The number of aliphatic carboxylic acids is 1. The van der Waals surface area contributed by atoms with E-state index in [4.69, 9.17) is 9.84 Å². The van der Waals surface area contributed by atoms with Crippen LogP contribution in [0.5, 0.6) is 0 Å². The second-order valence-corrected chi connectivity index (χ2v) is 7.68. The van der Waals surface area contributed by atoms with Crippen molar-refractivity contribution in [1.29, 1.82) is 0 Å². The number of amides is 1. The lowest BCUT2D eigenvalue weighted by atomic mass is 10.1. The molecule has 1 fully saturated rings. The fourth-order valence-corrected chi connectivity index (χ4v) is 4.25. The molecule has 1 unspecified atom stereocenters. The van der Waals surface area contributed by atoms with Crippen molar-refractivity contribution >= 4 is 79.6 Å². The van der Waals surface area contributed by atoms with E-state index < -0.39 is 12.1 Å². The number of benzene rings is 1. The number of carboxylic acid groups (broad SMARTS) is 1. The highest BCUT2D eigenvalue weighted by Crippen LogP contribution is 2.24. The van der Waals surface area contributed by atoms with E-state index in [-0.39, 0.29) is 19.1 Å². The molecule has 0 bridgehead atoms. The van der Waals surface area contributed by atoms with Crippen LogP contribution >= 0.6 is 67.8 Å². The molecule has 1 aromatic carbocycles. The van der Waals surface area contributed by atoms with Crippen LogP contribution in [0.1, 0.15) is 10.4 Å². The third-order valence-electron chi connectivity index (χ3n) is 2.85. The molecule has 2 rings (SSSR count). The molecule has 1 amide bonds. The number of morpholine rings is 1. The Morgan fingerprint density at radius 2 is 2.00 bits per heavy atom. The average molecular weight is 613 g/mol. The van der Waals surface area contributed by atoms with Crippen molar-refractivity contribution < 1.29 is 19.4 Å². The maximum Gasteiger partial charge on any atom is 0.334 e. The molecule has 1 N–H and O–H groups in total.